The molecule has 0 unspecified atom stereocenters. The second kappa shape index (κ2) is 19.6. The van der Waals surface area contributed by atoms with E-state index in [1.165, 1.54) is 25.7 Å². The van der Waals surface area contributed by atoms with Gasteiger partial charge >= 0.3 is 11.9 Å². The number of hydrogen-bond acceptors (Lipinski definition) is 7. The third-order valence-corrected chi connectivity index (χ3v) is 8.33. The maximum absolute atomic E-state index is 13.1. The minimum atomic E-state index is -0.479. The fraction of sp³-hybridized carbons (Fsp3) is 0.375. The van der Waals surface area contributed by atoms with E-state index < -0.39 is 11.9 Å². The van der Waals surface area contributed by atoms with Crippen molar-refractivity contribution < 1.29 is 50.1 Å². The average molecular weight is 734 g/mol. The van der Waals surface area contributed by atoms with Gasteiger partial charge in [0.15, 0.2) is 18.9 Å². The van der Waals surface area contributed by atoms with E-state index in [-0.39, 0.29) is 17.0 Å². The van der Waals surface area contributed by atoms with Gasteiger partial charge in [0.1, 0.15) is 29.6 Å². The molecular weight excluding hydrogens is 684 g/mol. The quantitative estimate of drug-likeness (QED) is 0.0638. The SMILES string of the molecule is CCCCCCCCOc1ccc(C(=O)Oc2cc(C)c(OC(=O)c3ccc(OCC[n+]4ccc(N(C)C)cc4)cc3)c(C)c2C)cc1.[Br-]. The number of aromatic nitrogens is 1. The van der Waals surface area contributed by atoms with Gasteiger partial charge < -0.3 is 40.8 Å². The summed E-state index contributed by atoms with van der Waals surface area (Å²) >= 11 is 0. The molecule has 0 fully saturated rings. The van der Waals surface area contributed by atoms with E-state index in [2.05, 4.69) is 28.5 Å². The lowest BCUT2D eigenvalue weighted by atomic mass is 10.0. The molecule has 9 heteroatoms. The van der Waals surface area contributed by atoms with E-state index in [0.717, 1.165) is 29.8 Å². The number of carbonyl (C=O) groups is 2. The molecule has 49 heavy (non-hydrogen) atoms. The summed E-state index contributed by atoms with van der Waals surface area (Å²) in [6.45, 7) is 9.58. The first kappa shape index (κ1) is 39.1. The zero-order valence-electron chi connectivity index (χ0n) is 29.6. The molecule has 3 aromatic carbocycles. The summed E-state index contributed by atoms with van der Waals surface area (Å²) in [6.07, 6.45) is 11.3. The normalized spacial score (nSPS) is 10.6. The molecule has 0 saturated heterocycles. The lowest BCUT2D eigenvalue weighted by Gasteiger charge is -2.16. The summed E-state index contributed by atoms with van der Waals surface area (Å²) in [5.41, 5.74) is 4.09. The summed E-state index contributed by atoms with van der Waals surface area (Å²) in [4.78, 5) is 28.1. The molecule has 0 aliphatic rings. The van der Waals surface area contributed by atoms with E-state index in [1.54, 1.807) is 54.6 Å². The number of hydrogen-bond donors (Lipinski definition) is 0. The molecule has 0 aliphatic heterocycles. The Hall–Kier alpha value is -4.37. The Morgan fingerprint density at radius 2 is 1.20 bits per heavy atom. The van der Waals surface area contributed by atoms with Gasteiger partial charge in [-0.2, -0.15) is 0 Å². The topological polar surface area (TPSA) is 78.2 Å². The molecule has 1 heterocycles. The first-order chi connectivity index (χ1) is 23.2. The molecule has 0 bridgehead atoms. The Kier molecular flexibility index (Phi) is 15.6. The first-order valence-electron chi connectivity index (χ1n) is 16.8. The van der Waals surface area contributed by atoms with Gasteiger partial charge in [-0.3, -0.25) is 0 Å². The lowest BCUT2D eigenvalue weighted by Crippen LogP contribution is -3.00. The van der Waals surface area contributed by atoms with Gasteiger partial charge in [0.05, 0.1) is 17.7 Å². The Morgan fingerprint density at radius 1 is 0.673 bits per heavy atom. The van der Waals surface area contributed by atoms with Crippen molar-refractivity contribution in [2.24, 2.45) is 0 Å². The fourth-order valence-corrected chi connectivity index (χ4v) is 5.21. The maximum Gasteiger partial charge on any atom is 0.343 e. The molecular formula is C40H49BrN2O6. The van der Waals surface area contributed by atoms with Crippen molar-refractivity contribution in [3.63, 3.8) is 0 Å². The number of nitrogens with zero attached hydrogens (tertiary/aromatic N) is 2. The number of esters is 2. The van der Waals surface area contributed by atoms with E-state index in [0.29, 0.717) is 59.3 Å². The molecule has 0 N–H and O–H groups in total. The number of unbranched alkanes of at least 4 members (excludes halogenated alkanes) is 5. The molecule has 0 atom stereocenters. The Bertz CT molecular complexity index is 1640. The van der Waals surface area contributed by atoms with Crippen LogP contribution in [0.3, 0.4) is 0 Å². The van der Waals surface area contributed by atoms with Crippen LogP contribution in [0.15, 0.2) is 79.1 Å². The number of halogens is 1. The van der Waals surface area contributed by atoms with Crippen LogP contribution in [0.5, 0.6) is 23.0 Å². The van der Waals surface area contributed by atoms with Crippen LogP contribution in [0, 0.1) is 20.8 Å². The molecule has 0 aliphatic carbocycles. The molecule has 4 rings (SSSR count). The standard InChI is InChI=1S/C40H49N2O6.BrH/c1-7-8-9-10-11-12-26-45-35-17-13-32(14-18-35)39(43)47-37-28-29(2)38(31(4)30(37)3)48-40(44)33-15-19-36(20-16-33)46-27-25-42-23-21-34(22-24-42)41(5)6;/h13-24,28H,7-12,25-27H2,1-6H3;1H/q+1;/p-1. The molecule has 0 amide bonds. The summed E-state index contributed by atoms with van der Waals surface area (Å²) in [5.74, 6) is 1.33. The van der Waals surface area contributed by atoms with Crippen LogP contribution in [-0.4, -0.2) is 39.2 Å². The van der Waals surface area contributed by atoms with Crippen LogP contribution in [0.1, 0.15) is 82.9 Å². The highest BCUT2D eigenvalue weighted by atomic mass is 79.9. The summed E-state index contributed by atoms with van der Waals surface area (Å²) in [6, 6.07) is 19.8. The Labute approximate surface area is 301 Å². The third kappa shape index (κ3) is 11.6. The molecule has 0 saturated carbocycles. The smallest absolute Gasteiger partial charge is 0.343 e. The van der Waals surface area contributed by atoms with Gasteiger partial charge in [-0.05, 0) is 98.5 Å². The molecule has 1 aromatic heterocycles. The van der Waals surface area contributed by atoms with Gasteiger partial charge in [0.25, 0.3) is 0 Å². The van der Waals surface area contributed by atoms with Crippen molar-refractivity contribution in [2.45, 2.75) is 72.8 Å². The zero-order valence-corrected chi connectivity index (χ0v) is 31.2. The highest BCUT2D eigenvalue weighted by Crippen LogP contribution is 2.34. The monoisotopic (exact) mass is 732 g/mol. The van der Waals surface area contributed by atoms with Crippen molar-refractivity contribution in [3.8, 4) is 23.0 Å². The molecule has 0 radical (unpaired) electrons. The predicted molar refractivity (Wildman–Crippen MR) is 189 cm³/mol. The number of aryl methyl sites for hydroxylation is 1. The van der Waals surface area contributed by atoms with E-state index in [9.17, 15) is 9.59 Å². The summed E-state index contributed by atoms with van der Waals surface area (Å²) < 4.78 is 25.4. The first-order valence-corrected chi connectivity index (χ1v) is 16.8. The number of carbonyl (C=O) groups excluding carboxylic acids is 2. The zero-order chi connectivity index (χ0) is 34.5. The van der Waals surface area contributed by atoms with Crippen LogP contribution in [0.2, 0.25) is 0 Å². The average Bonchev–Trinajstić information content (AvgIpc) is 3.09. The molecule has 4 aromatic rings. The second-order valence-electron chi connectivity index (χ2n) is 12.3. The predicted octanol–water partition coefficient (Wildman–Crippen LogP) is 5.23. The van der Waals surface area contributed by atoms with Gasteiger partial charge in [0, 0.05) is 31.9 Å². The van der Waals surface area contributed by atoms with E-state index >= 15 is 0 Å². The van der Waals surface area contributed by atoms with Gasteiger partial charge in [-0.25, -0.2) is 14.2 Å². The highest BCUT2D eigenvalue weighted by Gasteiger charge is 2.19. The van der Waals surface area contributed by atoms with Gasteiger partial charge in [-0.1, -0.05) is 39.0 Å². The van der Waals surface area contributed by atoms with Crippen molar-refractivity contribution in [1.29, 1.82) is 0 Å². The van der Waals surface area contributed by atoms with Crippen LogP contribution < -0.4 is 45.4 Å². The van der Waals surface area contributed by atoms with Gasteiger partial charge in [-0.15, -0.1) is 0 Å². The van der Waals surface area contributed by atoms with Crippen molar-refractivity contribution in [3.05, 3.63) is 107 Å². The van der Waals surface area contributed by atoms with Gasteiger partial charge in [0.2, 0.25) is 0 Å². The number of ether oxygens (including phenoxy) is 4. The third-order valence-electron chi connectivity index (χ3n) is 8.33. The molecule has 262 valence electrons. The largest absolute Gasteiger partial charge is 1.00 e. The van der Waals surface area contributed by atoms with Crippen LogP contribution in [0.4, 0.5) is 5.69 Å². The fourth-order valence-electron chi connectivity index (χ4n) is 5.21. The highest BCUT2D eigenvalue weighted by molar-refractivity contribution is 5.92. The van der Waals surface area contributed by atoms with Crippen LogP contribution in [-0.2, 0) is 6.54 Å². The second-order valence-corrected chi connectivity index (χ2v) is 12.3. The number of pyridine rings is 1. The van der Waals surface area contributed by atoms with Crippen LogP contribution >= 0.6 is 0 Å². The number of anilines is 1. The summed E-state index contributed by atoms with van der Waals surface area (Å²) in [7, 11) is 4.02. The molecule has 8 nitrogen and oxygen atoms in total. The van der Waals surface area contributed by atoms with E-state index in [1.807, 2.05) is 47.3 Å². The maximum atomic E-state index is 13.1. The minimum Gasteiger partial charge on any atom is -1.00 e. The van der Waals surface area contributed by atoms with E-state index in [4.69, 9.17) is 18.9 Å². The molecule has 0 spiro atoms. The van der Waals surface area contributed by atoms with Crippen molar-refractivity contribution in [1.82, 2.24) is 0 Å². The van der Waals surface area contributed by atoms with Crippen LogP contribution in [0.25, 0.3) is 0 Å². The Balaban J connectivity index is 0.00000650. The van der Waals surface area contributed by atoms with Crippen molar-refractivity contribution >= 4 is 17.6 Å². The number of rotatable bonds is 17. The number of benzene rings is 3. The van der Waals surface area contributed by atoms with Crippen molar-refractivity contribution in [2.75, 3.05) is 32.2 Å². The Morgan fingerprint density at radius 3 is 1.78 bits per heavy atom. The summed E-state index contributed by atoms with van der Waals surface area (Å²) in [5, 5.41) is 0. The minimum absolute atomic E-state index is 0. The lowest BCUT2D eigenvalue weighted by molar-refractivity contribution is -0.697.